The Hall–Kier alpha value is -1.88. The Morgan fingerprint density at radius 2 is 1.68 bits per heavy atom. The van der Waals surface area contributed by atoms with E-state index in [2.05, 4.69) is 4.90 Å². The predicted molar refractivity (Wildman–Crippen MR) is 102 cm³/mol. The number of anilines is 1. The lowest BCUT2D eigenvalue weighted by Gasteiger charge is -2.28. The van der Waals surface area contributed by atoms with Gasteiger partial charge in [-0.15, -0.1) is 0 Å². The topological polar surface area (TPSA) is 64.2 Å². The molecule has 0 bridgehead atoms. The molecule has 1 aliphatic carbocycles. The van der Waals surface area contributed by atoms with Crippen molar-refractivity contribution in [1.29, 1.82) is 0 Å². The lowest BCUT2D eigenvalue weighted by Crippen LogP contribution is -2.38. The Morgan fingerprint density at radius 1 is 0.960 bits per heavy atom. The minimum atomic E-state index is 0.0605. The lowest BCUT2D eigenvalue weighted by atomic mass is 9.95. The molecule has 1 aromatic carbocycles. The molecule has 5 heteroatoms. The maximum Gasteiger partial charge on any atom is 0.275 e. The van der Waals surface area contributed by atoms with Crippen molar-refractivity contribution in [2.45, 2.75) is 63.5 Å². The number of fused-ring (bicyclic) bond motifs is 1. The van der Waals surface area contributed by atoms with Crippen molar-refractivity contribution in [1.82, 2.24) is 9.78 Å². The van der Waals surface area contributed by atoms with Crippen LogP contribution in [-0.2, 0) is 0 Å². The van der Waals surface area contributed by atoms with Crippen LogP contribution in [0.5, 0.6) is 0 Å². The first-order valence-electron chi connectivity index (χ1n) is 9.76. The summed E-state index contributed by atoms with van der Waals surface area (Å²) in [5.41, 5.74) is 6.34. The summed E-state index contributed by atoms with van der Waals surface area (Å²) in [4.78, 5) is 15.4. The molecule has 5 nitrogen and oxygen atoms in total. The fraction of sp³-hybridized carbons (Fsp3) is 0.600. The fourth-order valence-electron chi connectivity index (χ4n) is 4.36. The summed E-state index contributed by atoms with van der Waals surface area (Å²) in [5.74, 6) is 0.943. The van der Waals surface area contributed by atoms with E-state index < -0.39 is 0 Å². The summed E-state index contributed by atoms with van der Waals surface area (Å²) in [6, 6.07) is 8.34. The first kappa shape index (κ1) is 16.6. The van der Waals surface area contributed by atoms with E-state index in [9.17, 15) is 4.79 Å². The molecule has 1 aromatic heterocycles. The van der Waals surface area contributed by atoms with Gasteiger partial charge >= 0.3 is 0 Å². The van der Waals surface area contributed by atoms with Gasteiger partial charge in [0.15, 0.2) is 5.82 Å². The van der Waals surface area contributed by atoms with E-state index in [1.165, 1.54) is 19.3 Å². The van der Waals surface area contributed by atoms with E-state index in [4.69, 9.17) is 10.8 Å². The van der Waals surface area contributed by atoms with Crippen molar-refractivity contribution in [2.75, 3.05) is 18.0 Å². The molecule has 1 saturated carbocycles. The van der Waals surface area contributed by atoms with Gasteiger partial charge in [0.2, 0.25) is 0 Å². The van der Waals surface area contributed by atoms with Gasteiger partial charge in [0, 0.05) is 24.5 Å². The largest absolute Gasteiger partial charge is 0.353 e. The molecular weight excluding hydrogens is 312 g/mol. The minimum Gasteiger partial charge on any atom is -0.353 e. The molecule has 2 N–H and O–H groups in total. The quantitative estimate of drug-likeness (QED) is 0.912. The monoisotopic (exact) mass is 340 g/mol. The van der Waals surface area contributed by atoms with E-state index in [1.807, 2.05) is 24.3 Å². The van der Waals surface area contributed by atoms with Gasteiger partial charge in [-0.1, -0.05) is 43.9 Å². The molecule has 2 aromatic rings. The van der Waals surface area contributed by atoms with Crippen molar-refractivity contribution in [2.24, 2.45) is 5.73 Å². The smallest absolute Gasteiger partial charge is 0.275 e. The van der Waals surface area contributed by atoms with E-state index >= 15 is 0 Å². The van der Waals surface area contributed by atoms with Gasteiger partial charge in [-0.25, -0.2) is 4.68 Å². The van der Waals surface area contributed by atoms with Gasteiger partial charge in [0.1, 0.15) is 0 Å². The molecule has 1 atom stereocenters. The minimum absolute atomic E-state index is 0.0605. The average Bonchev–Trinajstić information content (AvgIpc) is 2.87. The van der Waals surface area contributed by atoms with Crippen molar-refractivity contribution < 1.29 is 0 Å². The summed E-state index contributed by atoms with van der Waals surface area (Å²) in [6.07, 6.45) is 9.13. The van der Waals surface area contributed by atoms with Crippen LogP contribution in [0, 0.1) is 0 Å². The predicted octanol–water partition coefficient (Wildman–Crippen LogP) is 3.22. The normalized spacial score (nSPS) is 22.9. The average molecular weight is 340 g/mol. The summed E-state index contributed by atoms with van der Waals surface area (Å²) >= 11 is 0. The van der Waals surface area contributed by atoms with E-state index in [-0.39, 0.29) is 17.6 Å². The van der Waals surface area contributed by atoms with Crippen molar-refractivity contribution in [3.63, 3.8) is 0 Å². The number of hydrogen-bond acceptors (Lipinski definition) is 4. The summed E-state index contributed by atoms with van der Waals surface area (Å²) in [6.45, 7) is 1.79. The number of benzene rings is 1. The van der Waals surface area contributed by atoms with Crippen LogP contribution < -0.4 is 16.2 Å². The molecule has 1 unspecified atom stereocenters. The van der Waals surface area contributed by atoms with Crippen molar-refractivity contribution in [3.05, 3.63) is 34.6 Å². The molecule has 2 aliphatic rings. The van der Waals surface area contributed by atoms with Crippen molar-refractivity contribution in [3.8, 4) is 0 Å². The van der Waals surface area contributed by atoms with Gasteiger partial charge in [-0.2, -0.15) is 5.10 Å². The van der Waals surface area contributed by atoms with Crippen LogP contribution >= 0.6 is 0 Å². The molecule has 1 aliphatic heterocycles. The second-order valence-electron chi connectivity index (χ2n) is 7.61. The maximum absolute atomic E-state index is 13.1. The summed E-state index contributed by atoms with van der Waals surface area (Å²) < 4.78 is 1.78. The highest BCUT2D eigenvalue weighted by Crippen LogP contribution is 2.30. The Bertz CT molecular complexity index is 794. The highest BCUT2D eigenvalue weighted by atomic mass is 16.1. The summed E-state index contributed by atoms with van der Waals surface area (Å²) in [5, 5.41) is 6.65. The second-order valence-corrected chi connectivity index (χ2v) is 7.61. The second kappa shape index (κ2) is 7.16. The van der Waals surface area contributed by atoms with Crippen LogP contribution in [0.25, 0.3) is 10.8 Å². The highest BCUT2D eigenvalue weighted by molar-refractivity contribution is 5.91. The third-order valence-electron chi connectivity index (χ3n) is 5.74. The zero-order chi connectivity index (χ0) is 17.2. The van der Waals surface area contributed by atoms with Crippen LogP contribution in [0.1, 0.15) is 57.4 Å². The first-order chi connectivity index (χ1) is 12.2. The zero-order valence-electron chi connectivity index (χ0n) is 14.9. The molecule has 25 heavy (non-hydrogen) atoms. The number of nitrogens with zero attached hydrogens (tertiary/aromatic N) is 3. The molecule has 0 spiro atoms. The van der Waals surface area contributed by atoms with Gasteiger partial charge in [-0.05, 0) is 31.7 Å². The van der Waals surface area contributed by atoms with Crippen LogP contribution in [0.2, 0.25) is 0 Å². The van der Waals surface area contributed by atoms with Gasteiger partial charge in [0.25, 0.3) is 5.56 Å². The first-order valence-corrected chi connectivity index (χ1v) is 9.76. The Labute approximate surface area is 148 Å². The van der Waals surface area contributed by atoms with E-state index in [0.29, 0.717) is 0 Å². The van der Waals surface area contributed by atoms with Crippen LogP contribution in [0.3, 0.4) is 0 Å². The van der Waals surface area contributed by atoms with E-state index in [0.717, 1.165) is 61.8 Å². The molecule has 2 heterocycles. The van der Waals surface area contributed by atoms with E-state index in [1.54, 1.807) is 4.68 Å². The Kier molecular flexibility index (Phi) is 4.75. The molecule has 0 amide bonds. The zero-order valence-corrected chi connectivity index (χ0v) is 14.9. The van der Waals surface area contributed by atoms with Crippen molar-refractivity contribution >= 4 is 16.6 Å². The standard InChI is InChI=1S/C20H28N4O/c21-15-8-6-7-13-23(14-15)19-17-11-4-5-12-18(17)20(25)24(22-19)16-9-2-1-3-10-16/h4-5,11-12,15-16H,1-3,6-10,13-14,21H2. The van der Waals surface area contributed by atoms with Crippen LogP contribution in [-0.4, -0.2) is 28.9 Å². The maximum atomic E-state index is 13.1. The molecule has 4 rings (SSSR count). The third-order valence-corrected chi connectivity index (χ3v) is 5.74. The molecule has 134 valence electrons. The Balaban J connectivity index is 1.84. The number of nitrogens with two attached hydrogens (primary N) is 1. The molecule has 0 radical (unpaired) electrons. The number of hydrogen-bond donors (Lipinski definition) is 1. The Morgan fingerprint density at radius 3 is 2.48 bits per heavy atom. The SMILES string of the molecule is NC1CCCCN(c2nn(C3CCCCC3)c(=O)c3ccccc23)C1. The molecule has 2 fully saturated rings. The lowest BCUT2D eigenvalue weighted by molar-refractivity contribution is 0.320. The van der Waals surface area contributed by atoms with Crippen LogP contribution in [0.15, 0.2) is 29.1 Å². The van der Waals surface area contributed by atoms with Gasteiger partial charge in [0.05, 0.1) is 11.4 Å². The number of rotatable bonds is 2. The van der Waals surface area contributed by atoms with Gasteiger partial charge < -0.3 is 10.6 Å². The third kappa shape index (κ3) is 3.30. The van der Waals surface area contributed by atoms with Gasteiger partial charge in [-0.3, -0.25) is 4.79 Å². The van der Waals surface area contributed by atoms with Crippen LogP contribution in [0.4, 0.5) is 5.82 Å². The summed E-state index contributed by atoms with van der Waals surface area (Å²) in [7, 11) is 0. The molecular formula is C20H28N4O. The number of aromatic nitrogens is 2. The highest BCUT2D eigenvalue weighted by Gasteiger charge is 2.24. The molecule has 1 saturated heterocycles. The fourth-order valence-corrected chi connectivity index (χ4v) is 4.36.